The predicted molar refractivity (Wildman–Crippen MR) is 68.6 cm³/mol. The molecule has 1 fully saturated rings. The molecule has 0 spiro atoms. The molecule has 0 saturated carbocycles. The van der Waals surface area contributed by atoms with Crippen molar-refractivity contribution in [2.24, 2.45) is 0 Å². The number of nitro benzene ring substituents is 1. The van der Waals surface area contributed by atoms with Crippen molar-refractivity contribution in [2.45, 2.75) is 0 Å². The number of nitro groups is 1. The number of nitrogens with zero attached hydrogens (tertiary/aromatic N) is 2. The van der Waals surface area contributed by atoms with E-state index in [0.717, 1.165) is 0 Å². The minimum absolute atomic E-state index is 0.0291. The topological polar surface area (TPSA) is 84.7 Å². The van der Waals surface area contributed by atoms with E-state index in [1.165, 1.54) is 18.2 Å². The van der Waals surface area contributed by atoms with Gasteiger partial charge in [-0.15, -0.1) is 0 Å². The van der Waals surface area contributed by atoms with Gasteiger partial charge in [0, 0.05) is 25.2 Å². The van der Waals surface area contributed by atoms with Crippen molar-refractivity contribution in [1.29, 1.82) is 0 Å². The van der Waals surface area contributed by atoms with Crippen LogP contribution in [0.5, 0.6) is 5.75 Å². The number of ether oxygens (including phenoxy) is 1. The first-order chi connectivity index (χ1) is 9.08. The van der Waals surface area contributed by atoms with Crippen LogP contribution in [0.2, 0.25) is 5.02 Å². The Morgan fingerprint density at radius 1 is 1.53 bits per heavy atom. The first-order valence-electron chi connectivity index (χ1n) is 5.67. The Morgan fingerprint density at radius 3 is 2.89 bits per heavy atom. The van der Waals surface area contributed by atoms with Crippen LogP contribution < -0.4 is 10.1 Å². The molecule has 1 aliphatic heterocycles. The van der Waals surface area contributed by atoms with E-state index in [-0.39, 0.29) is 16.7 Å². The summed E-state index contributed by atoms with van der Waals surface area (Å²) >= 11 is 5.76. The zero-order valence-electron chi connectivity index (χ0n) is 9.97. The van der Waals surface area contributed by atoms with Crippen molar-refractivity contribution in [1.82, 2.24) is 10.2 Å². The minimum Gasteiger partial charge on any atom is -0.492 e. The summed E-state index contributed by atoms with van der Waals surface area (Å²) in [5.74, 6) is 0.440. The van der Waals surface area contributed by atoms with Crippen LogP contribution in [0.3, 0.4) is 0 Å². The molecule has 7 nitrogen and oxygen atoms in total. The van der Waals surface area contributed by atoms with Crippen LogP contribution in [0.1, 0.15) is 0 Å². The highest BCUT2D eigenvalue weighted by Gasteiger charge is 2.19. The third-order valence-electron chi connectivity index (χ3n) is 2.69. The number of hydrogen-bond donors (Lipinski definition) is 1. The Hall–Kier alpha value is -2.02. The average Bonchev–Trinajstić information content (AvgIpc) is 2.75. The van der Waals surface area contributed by atoms with Gasteiger partial charge in [0.15, 0.2) is 0 Å². The van der Waals surface area contributed by atoms with E-state index in [0.29, 0.717) is 32.0 Å². The quantitative estimate of drug-likeness (QED) is 0.658. The lowest BCUT2D eigenvalue weighted by molar-refractivity contribution is -0.384. The molecule has 1 N–H and O–H groups in total. The standard InChI is InChI=1S/C11H12ClN3O4/c12-9-7-8(1-2-10(9)15(17)18)19-6-5-14-4-3-13-11(14)16/h1-2,7H,3-6H2,(H,13,16). The number of halogens is 1. The van der Waals surface area contributed by atoms with E-state index in [2.05, 4.69) is 5.32 Å². The molecule has 1 saturated heterocycles. The molecule has 102 valence electrons. The lowest BCUT2D eigenvalue weighted by Gasteiger charge is -2.14. The minimum atomic E-state index is -0.555. The fourth-order valence-electron chi connectivity index (χ4n) is 1.72. The van der Waals surface area contributed by atoms with Crippen LogP contribution in [0.25, 0.3) is 0 Å². The zero-order chi connectivity index (χ0) is 13.8. The van der Waals surface area contributed by atoms with Crippen LogP contribution in [0, 0.1) is 10.1 Å². The molecule has 0 bridgehead atoms. The first kappa shape index (κ1) is 13.4. The monoisotopic (exact) mass is 285 g/mol. The molecule has 1 aliphatic rings. The van der Waals surface area contributed by atoms with Crippen molar-refractivity contribution in [2.75, 3.05) is 26.2 Å². The van der Waals surface area contributed by atoms with Gasteiger partial charge in [-0.1, -0.05) is 11.6 Å². The molecule has 0 unspecified atom stereocenters. The highest BCUT2D eigenvalue weighted by Crippen LogP contribution is 2.28. The fraction of sp³-hybridized carbons (Fsp3) is 0.364. The molecular weight excluding hydrogens is 274 g/mol. The third-order valence-corrected chi connectivity index (χ3v) is 2.99. The molecule has 1 aromatic rings. The van der Waals surface area contributed by atoms with Crippen LogP contribution in [0.4, 0.5) is 10.5 Å². The third kappa shape index (κ3) is 3.25. The number of rotatable bonds is 5. The molecule has 2 rings (SSSR count). The summed E-state index contributed by atoms with van der Waals surface area (Å²) in [6.07, 6.45) is 0. The van der Waals surface area contributed by atoms with E-state index in [1.807, 2.05) is 0 Å². The number of urea groups is 1. The summed E-state index contributed by atoms with van der Waals surface area (Å²) in [5.41, 5.74) is -0.159. The predicted octanol–water partition coefficient (Wildman–Crippen LogP) is 1.65. The van der Waals surface area contributed by atoms with Gasteiger partial charge in [-0.2, -0.15) is 0 Å². The number of nitrogens with one attached hydrogen (secondary N) is 1. The Balaban J connectivity index is 1.88. The van der Waals surface area contributed by atoms with Gasteiger partial charge in [0.2, 0.25) is 0 Å². The van der Waals surface area contributed by atoms with Crippen molar-refractivity contribution in [3.8, 4) is 5.75 Å². The molecule has 0 aromatic heterocycles. The summed E-state index contributed by atoms with van der Waals surface area (Å²) in [7, 11) is 0. The van der Waals surface area contributed by atoms with Gasteiger partial charge in [0.05, 0.1) is 11.5 Å². The van der Waals surface area contributed by atoms with Gasteiger partial charge in [0.1, 0.15) is 17.4 Å². The Labute approximate surface area is 114 Å². The van der Waals surface area contributed by atoms with Gasteiger partial charge in [-0.05, 0) is 6.07 Å². The van der Waals surface area contributed by atoms with Gasteiger partial charge in [-0.25, -0.2) is 4.79 Å². The summed E-state index contributed by atoms with van der Waals surface area (Å²) in [6.45, 7) is 2.06. The fourth-order valence-corrected chi connectivity index (χ4v) is 1.96. The Bertz CT molecular complexity index is 509. The van der Waals surface area contributed by atoms with Gasteiger partial charge in [-0.3, -0.25) is 10.1 Å². The highest BCUT2D eigenvalue weighted by atomic mass is 35.5. The van der Waals surface area contributed by atoms with Gasteiger partial charge >= 0.3 is 6.03 Å². The lowest BCUT2D eigenvalue weighted by atomic mass is 10.3. The Morgan fingerprint density at radius 2 is 2.32 bits per heavy atom. The maximum absolute atomic E-state index is 11.3. The normalized spacial score (nSPS) is 14.4. The first-order valence-corrected chi connectivity index (χ1v) is 6.05. The van der Waals surface area contributed by atoms with Crippen LogP contribution >= 0.6 is 11.6 Å². The average molecular weight is 286 g/mol. The second-order valence-electron chi connectivity index (χ2n) is 3.94. The van der Waals surface area contributed by atoms with Crippen molar-refractivity contribution >= 4 is 23.3 Å². The number of amides is 2. The molecule has 1 heterocycles. The number of carbonyl (C=O) groups excluding carboxylic acids is 1. The summed E-state index contributed by atoms with van der Waals surface area (Å²) < 4.78 is 5.40. The molecule has 8 heteroatoms. The van der Waals surface area contributed by atoms with E-state index < -0.39 is 4.92 Å². The molecular formula is C11H12ClN3O4. The lowest BCUT2D eigenvalue weighted by Crippen LogP contribution is -2.31. The maximum atomic E-state index is 11.3. The zero-order valence-corrected chi connectivity index (χ0v) is 10.7. The second kappa shape index (κ2) is 5.75. The van der Waals surface area contributed by atoms with E-state index in [1.54, 1.807) is 4.90 Å². The molecule has 0 atom stereocenters. The molecule has 0 radical (unpaired) electrons. The number of hydrogen-bond acceptors (Lipinski definition) is 4. The summed E-state index contributed by atoms with van der Waals surface area (Å²) in [4.78, 5) is 22.9. The van der Waals surface area contributed by atoms with E-state index >= 15 is 0 Å². The SMILES string of the molecule is O=C1NCCN1CCOc1ccc([N+](=O)[O-])c(Cl)c1. The maximum Gasteiger partial charge on any atom is 0.317 e. The van der Waals surface area contributed by atoms with Crippen molar-refractivity contribution in [3.63, 3.8) is 0 Å². The van der Waals surface area contributed by atoms with Gasteiger partial charge in [0.25, 0.3) is 5.69 Å². The number of benzene rings is 1. The number of carbonyl (C=O) groups is 1. The molecule has 19 heavy (non-hydrogen) atoms. The van der Waals surface area contributed by atoms with E-state index in [4.69, 9.17) is 16.3 Å². The van der Waals surface area contributed by atoms with Crippen LogP contribution in [-0.2, 0) is 0 Å². The Kier molecular flexibility index (Phi) is 4.06. The van der Waals surface area contributed by atoms with Crippen LogP contribution in [-0.4, -0.2) is 42.1 Å². The summed E-state index contributed by atoms with van der Waals surface area (Å²) in [6, 6.07) is 4.06. The largest absolute Gasteiger partial charge is 0.492 e. The highest BCUT2D eigenvalue weighted by molar-refractivity contribution is 6.32. The van der Waals surface area contributed by atoms with Crippen molar-refractivity contribution in [3.05, 3.63) is 33.3 Å². The smallest absolute Gasteiger partial charge is 0.317 e. The summed E-state index contributed by atoms with van der Waals surface area (Å²) in [5, 5.41) is 13.3. The molecule has 2 amide bonds. The van der Waals surface area contributed by atoms with Crippen molar-refractivity contribution < 1.29 is 14.5 Å². The molecule has 0 aliphatic carbocycles. The molecule has 1 aromatic carbocycles. The van der Waals surface area contributed by atoms with E-state index in [9.17, 15) is 14.9 Å². The van der Waals surface area contributed by atoms with Crippen LogP contribution in [0.15, 0.2) is 18.2 Å². The second-order valence-corrected chi connectivity index (χ2v) is 4.34. The van der Waals surface area contributed by atoms with Gasteiger partial charge < -0.3 is 15.0 Å².